The van der Waals surface area contributed by atoms with E-state index in [0.717, 1.165) is 0 Å². The van der Waals surface area contributed by atoms with Crippen LogP contribution < -0.4 is 10.6 Å². The Labute approximate surface area is 85.6 Å². The number of dihydropyridines is 1. The number of rotatable bonds is 0. The summed E-state index contributed by atoms with van der Waals surface area (Å²) in [6.45, 7) is 1.82. The molecule has 0 amide bonds. The number of halogens is 3. The van der Waals surface area contributed by atoms with Gasteiger partial charge in [-0.2, -0.15) is 13.2 Å². The highest BCUT2D eigenvalue weighted by Gasteiger charge is 2.48. The summed E-state index contributed by atoms with van der Waals surface area (Å²) in [5.74, 6) is 0. The van der Waals surface area contributed by atoms with Crippen LogP contribution in [-0.2, 0) is 0 Å². The van der Waals surface area contributed by atoms with E-state index in [0.29, 0.717) is 11.4 Å². The van der Waals surface area contributed by atoms with E-state index in [4.69, 9.17) is 0 Å². The Morgan fingerprint density at radius 1 is 1.40 bits per heavy atom. The first-order valence-electron chi connectivity index (χ1n) is 4.64. The van der Waals surface area contributed by atoms with Crippen LogP contribution in [0.3, 0.4) is 0 Å². The maximum absolute atomic E-state index is 12.6. The first-order valence-corrected chi connectivity index (χ1v) is 4.64. The summed E-state index contributed by atoms with van der Waals surface area (Å²) >= 11 is 0. The molecule has 0 spiro atoms. The second-order valence-electron chi connectivity index (χ2n) is 3.72. The van der Waals surface area contributed by atoms with E-state index in [9.17, 15) is 13.2 Å². The van der Waals surface area contributed by atoms with E-state index < -0.39 is 12.3 Å². The largest absolute Gasteiger partial charge is 0.427 e. The molecule has 2 unspecified atom stereocenters. The number of likely N-dealkylation sites (N-methyl/N-ethyl adjacent to an activating group) is 1. The minimum atomic E-state index is -4.26. The van der Waals surface area contributed by atoms with Crippen molar-refractivity contribution in [3.05, 3.63) is 23.7 Å². The van der Waals surface area contributed by atoms with Crippen molar-refractivity contribution in [1.82, 2.24) is 15.5 Å². The van der Waals surface area contributed by atoms with Gasteiger partial charge in [0.1, 0.15) is 0 Å². The highest BCUT2D eigenvalue weighted by Crippen LogP contribution is 2.32. The Hall–Kier alpha value is -1.33. The number of nitrogens with zero attached hydrogens (tertiary/aromatic N) is 1. The van der Waals surface area contributed by atoms with E-state index in [1.165, 1.54) is 11.9 Å². The van der Waals surface area contributed by atoms with E-state index in [1.54, 1.807) is 12.3 Å². The molecule has 0 radical (unpaired) electrons. The summed E-state index contributed by atoms with van der Waals surface area (Å²) in [5.41, 5.74) is 1.20. The molecule has 2 rings (SSSR count). The number of alkyl halides is 3. The average molecular weight is 219 g/mol. The standard InChI is InChI=1S/C9H12F3N3/c1-5-7-6(3-4-13-5)15(2)8(14-7)9(10,11)12/h3-5,8,13-14H,1-2H3. The fourth-order valence-electron chi connectivity index (χ4n) is 1.86. The fourth-order valence-corrected chi connectivity index (χ4v) is 1.86. The molecular formula is C9H12F3N3. The third kappa shape index (κ3) is 1.53. The summed E-state index contributed by atoms with van der Waals surface area (Å²) in [4.78, 5) is 1.21. The van der Waals surface area contributed by atoms with Crippen molar-refractivity contribution in [3.8, 4) is 0 Å². The lowest BCUT2D eigenvalue weighted by Gasteiger charge is -2.25. The van der Waals surface area contributed by atoms with Crippen LogP contribution in [0.4, 0.5) is 13.2 Å². The molecule has 0 fully saturated rings. The summed E-state index contributed by atoms with van der Waals surface area (Å²) < 4.78 is 37.8. The molecule has 15 heavy (non-hydrogen) atoms. The molecule has 0 bridgehead atoms. The van der Waals surface area contributed by atoms with Crippen molar-refractivity contribution in [3.63, 3.8) is 0 Å². The van der Waals surface area contributed by atoms with Crippen molar-refractivity contribution in [2.45, 2.75) is 25.3 Å². The molecule has 2 atom stereocenters. The molecule has 0 aromatic rings. The molecule has 2 N–H and O–H groups in total. The van der Waals surface area contributed by atoms with Gasteiger partial charge >= 0.3 is 6.18 Å². The van der Waals surface area contributed by atoms with Crippen LogP contribution in [0.15, 0.2) is 23.7 Å². The van der Waals surface area contributed by atoms with Gasteiger partial charge in [0, 0.05) is 7.05 Å². The Bertz CT molecular complexity index is 332. The molecule has 2 heterocycles. The van der Waals surface area contributed by atoms with E-state index in [1.807, 2.05) is 6.92 Å². The second-order valence-corrected chi connectivity index (χ2v) is 3.72. The van der Waals surface area contributed by atoms with Gasteiger partial charge in [-0.05, 0) is 19.2 Å². The lowest BCUT2D eigenvalue weighted by molar-refractivity contribution is -0.177. The smallest absolute Gasteiger partial charge is 0.383 e. The third-order valence-corrected chi connectivity index (χ3v) is 2.67. The molecule has 0 saturated heterocycles. The monoisotopic (exact) mass is 219 g/mol. The molecule has 0 aromatic carbocycles. The predicted octanol–water partition coefficient (Wildman–Crippen LogP) is 1.13. The number of hydrogen-bond donors (Lipinski definition) is 2. The molecule has 6 heteroatoms. The SMILES string of the molecule is CC1NC=CC2=C1NC(C(F)(F)F)N2C. The zero-order valence-electron chi connectivity index (χ0n) is 8.39. The van der Waals surface area contributed by atoms with Crippen molar-refractivity contribution in [1.29, 1.82) is 0 Å². The first-order chi connectivity index (χ1) is 6.91. The van der Waals surface area contributed by atoms with Gasteiger partial charge in [0.05, 0.1) is 17.4 Å². The molecule has 0 aliphatic carbocycles. The number of nitrogens with one attached hydrogen (secondary N) is 2. The van der Waals surface area contributed by atoms with E-state index in [-0.39, 0.29) is 6.04 Å². The van der Waals surface area contributed by atoms with Crippen LogP contribution >= 0.6 is 0 Å². The molecule has 0 aromatic heterocycles. The van der Waals surface area contributed by atoms with Crippen LogP contribution in [0.5, 0.6) is 0 Å². The summed E-state index contributed by atoms with van der Waals surface area (Å²) in [6, 6.07) is -0.111. The Balaban J connectivity index is 2.27. The Morgan fingerprint density at radius 2 is 2.07 bits per heavy atom. The summed E-state index contributed by atoms with van der Waals surface area (Å²) in [7, 11) is 1.44. The highest BCUT2D eigenvalue weighted by atomic mass is 19.4. The van der Waals surface area contributed by atoms with Crippen LogP contribution in [0.2, 0.25) is 0 Å². The van der Waals surface area contributed by atoms with Crippen LogP contribution in [0.25, 0.3) is 0 Å². The third-order valence-electron chi connectivity index (χ3n) is 2.67. The second kappa shape index (κ2) is 3.08. The lowest BCUT2D eigenvalue weighted by Crippen LogP contribution is -2.47. The van der Waals surface area contributed by atoms with Gasteiger partial charge in [0.2, 0.25) is 0 Å². The fraction of sp³-hybridized carbons (Fsp3) is 0.556. The van der Waals surface area contributed by atoms with Crippen molar-refractivity contribution in [2.24, 2.45) is 0 Å². The maximum Gasteiger partial charge on any atom is 0.427 e. The van der Waals surface area contributed by atoms with Gasteiger partial charge in [-0.1, -0.05) is 0 Å². The van der Waals surface area contributed by atoms with Crippen LogP contribution in [0, 0.1) is 0 Å². The van der Waals surface area contributed by atoms with Crippen molar-refractivity contribution >= 4 is 0 Å². The molecular weight excluding hydrogens is 207 g/mol. The van der Waals surface area contributed by atoms with Gasteiger partial charge in [0.15, 0.2) is 6.17 Å². The topological polar surface area (TPSA) is 27.3 Å². The lowest BCUT2D eigenvalue weighted by atomic mass is 10.1. The maximum atomic E-state index is 12.6. The van der Waals surface area contributed by atoms with Crippen LogP contribution in [-0.4, -0.2) is 30.3 Å². The molecule has 84 valence electrons. The first kappa shape index (κ1) is 10.2. The number of hydrogen-bond acceptors (Lipinski definition) is 3. The molecule has 0 saturated carbocycles. The van der Waals surface area contributed by atoms with Crippen molar-refractivity contribution < 1.29 is 13.2 Å². The van der Waals surface area contributed by atoms with Gasteiger partial charge in [-0.3, -0.25) is 0 Å². The molecule has 2 aliphatic heterocycles. The highest BCUT2D eigenvalue weighted by molar-refractivity contribution is 5.35. The number of allylic oxidation sites excluding steroid dienone is 1. The van der Waals surface area contributed by atoms with Gasteiger partial charge in [-0.15, -0.1) is 0 Å². The Morgan fingerprint density at radius 3 is 2.60 bits per heavy atom. The van der Waals surface area contributed by atoms with Crippen LogP contribution in [0.1, 0.15) is 6.92 Å². The zero-order chi connectivity index (χ0) is 11.2. The Kier molecular flexibility index (Phi) is 2.09. The van der Waals surface area contributed by atoms with Crippen molar-refractivity contribution in [2.75, 3.05) is 7.05 Å². The quantitative estimate of drug-likeness (QED) is 0.639. The van der Waals surface area contributed by atoms with E-state index >= 15 is 0 Å². The van der Waals surface area contributed by atoms with Gasteiger partial charge in [-0.25, -0.2) is 0 Å². The van der Waals surface area contributed by atoms with Gasteiger partial charge < -0.3 is 15.5 Å². The normalized spacial score (nSPS) is 30.1. The molecule has 2 aliphatic rings. The zero-order valence-corrected chi connectivity index (χ0v) is 8.39. The molecule has 3 nitrogen and oxygen atoms in total. The summed E-state index contributed by atoms with van der Waals surface area (Å²) in [6.07, 6.45) is -2.57. The van der Waals surface area contributed by atoms with Gasteiger partial charge in [0.25, 0.3) is 0 Å². The minimum Gasteiger partial charge on any atom is -0.383 e. The average Bonchev–Trinajstić information content (AvgIpc) is 2.45. The minimum absolute atomic E-state index is 0.111. The predicted molar refractivity (Wildman–Crippen MR) is 49.5 cm³/mol. The van der Waals surface area contributed by atoms with E-state index in [2.05, 4.69) is 10.6 Å². The summed E-state index contributed by atoms with van der Waals surface area (Å²) in [5, 5.41) is 5.45.